The molecule has 1 aromatic carbocycles. The normalized spacial score (nSPS) is 16.9. The van der Waals surface area contributed by atoms with Gasteiger partial charge < -0.3 is 5.32 Å². The molecule has 0 bridgehead atoms. The molecule has 5 nitrogen and oxygen atoms in total. The van der Waals surface area contributed by atoms with E-state index < -0.39 is 0 Å². The maximum atomic E-state index is 12.9. The van der Waals surface area contributed by atoms with Gasteiger partial charge >= 0.3 is 0 Å². The molecule has 114 valence electrons. The number of H-pyrrole nitrogens is 1. The highest BCUT2D eigenvalue weighted by Crippen LogP contribution is 2.20. The SMILES string of the molecule is O=C(CC1C=CCC1)NCc1nc(-c2ccc(F)cc2)n[nH]1. The van der Waals surface area contributed by atoms with Crippen LogP contribution in [0.15, 0.2) is 36.4 Å². The molecule has 0 saturated carbocycles. The van der Waals surface area contributed by atoms with Crippen molar-refractivity contribution in [1.82, 2.24) is 20.5 Å². The van der Waals surface area contributed by atoms with E-state index in [0.29, 0.717) is 30.5 Å². The van der Waals surface area contributed by atoms with Crippen molar-refractivity contribution in [2.45, 2.75) is 25.8 Å². The molecule has 3 rings (SSSR count). The lowest BCUT2D eigenvalue weighted by Crippen LogP contribution is -2.24. The molecule has 0 radical (unpaired) electrons. The summed E-state index contributed by atoms with van der Waals surface area (Å²) in [6.45, 7) is 0.309. The van der Waals surface area contributed by atoms with E-state index >= 15 is 0 Å². The van der Waals surface area contributed by atoms with E-state index in [1.807, 2.05) is 0 Å². The summed E-state index contributed by atoms with van der Waals surface area (Å²) in [5.74, 6) is 1.13. The number of aromatic amines is 1. The molecule has 1 atom stereocenters. The number of rotatable bonds is 5. The number of carbonyl (C=O) groups excluding carboxylic acids is 1. The zero-order chi connectivity index (χ0) is 15.4. The van der Waals surface area contributed by atoms with Crippen LogP contribution < -0.4 is 5.32 Å². The fourth-order valence-electron chi connectivity index (χ4n) is 2.46. The average Bonchev–Trinajstić information content (AvgIpc) is 3.17. The zero-order valence-electron chi connectivity index (χ0n) is 12.1. The van der Waals surface area contributed by atoms with E-state index in [1.54, 1.807) is 12.1 Å². The Balaban J connectivity index is 1.54. The van der Waals surface area contributed by atoms with Gasteiger partial charge in [-0.2, -0.15) is 5.10 Å². The van der Waals surface area contributed by atoms with Crippen LogP contribution in [-0.4, -0.2) is 21.1 Å². The van der Waals surface area contributed by atoms with E-state index in [9.17, 15) is 9.18 Å². The Morgan fingerprint density at radius 2 is 2.18 bits per heavy atom. The molecule has 0 aliphatic heterocycles. The van der Waals surface area contributed by atoms with Crippen LogP contribution in [0.4, 0.5) is 4.39 Å². The van der Waals surface area contributed by atoms with Gasteiger partial charge in [-0.15, -0.1) is 0 Å². The second-order valence-corrected chi connectivity index (χ2v) is 5.36. The standard InChI is InChI=1S/C16H17FN4O/c17-13-7-5-12(6-8-13)16-19-14(20-21-16)10-18-15(22)9-11-3-1-2-4-11/h1,3,5-8,11H,2,4,9-10H2,(H,18,22)(H,19,20,21). The topological polar surface area (TPSA) is 70.7 Å². The molecule has 1 heterocycles. The fraction of sp³-hybridized carbons (Fsp3) is 0.312. The molecule has 1 aliphatic rings. The molecule has 1 amide bonds. The Bertz CT molecular complexity index is 678. The molecular formula is C16H17FN4O. The largest absolute Gasteiger partial charge is 0.349 e. The van der Waals surface area contributed by atoms with Gasteiger partial charge in [0.15, 0.2) is 5.82 Å². The van der Waals surface area contributed by atoms with Crippen LogP contribution in [0.3, 0.4) is 0 Å². The van der Waals surface area contributed by atoms with Gasteiger partial charge in [0.2, 0.25) is 5.91 Å². The monoisotopic (exact) mass is 300 g/mol. The van der Waals surface area contributed by atoms with Crippen molar-refractivity contribution in [3.63, 3.8) is 0 Å². The minimum atomic E-state index is -0.298. The lowest BCUT2D eigenvalue weighted by Gasteiger charge is -2.07. The number of amides is 1. The summed E-state index contributed by atoms with van der Waals surface area (Å²) in [6.07, 6.45) is 6.82. The van der Waals surface area contributed by atoms with Crippen LogP contribution in [-0.2, 0) is 11.3 Å². The van der Waals surface area contributed by atoms with Gasteiger partial charge in [-0.05, 0) is 43.0 Å². The first kappa shape index (κ1) is 14.4. The third-order valence-corrected chi connectivity index (χ3v) is 3.65. The van der Waals surface area contributed by atoms with Crippen molar-refractivity contribution in [2.75, 3.05) is 0 Å². The van der Waals surface area contributed by atoms with E-state index in [1.165, 1.54) is 12.1 Å². The molecule has 1 unspecified atom stereocenters. The van der Waals surface area contributed by atoms with Crippen molar-refractivity contribution >= 4 is 5.91 Å². The van der Waals surface area contributed by atoms with Crippen molar-refractivity contribution in [1.29, 1.82) is 0 Å². The minimum absolute atomic E-state index is 0.0104. The maximum Gasteiger partial charge on any atom is 0.220 e. The molecule has 0 spiro atoms. The van der Waals surface area contributed by atoms with Crippen LogP contribution in [0.2, 0.25) is 0 Å². The first-order valence-corrected chi connectivity index (χ1v) is 7.31. The van der Waals surface area contributed by atoms with Gasteiger partial charge in [0.05, 0.1) is 6.54 Å². The van der Waals surface area contributed by atoms with Gasteiger partial charge in [0.1, 0.15) is 11.6 Å². The lowest BCUT2D eigenvalue weighted by atomic mass is 10.1. The van der Waals surface area contributed by atoms with Crippen LogP contribution in [0.1, 0.15) is 25.1 Å². The van der Waals surface area contributed by atoms with Gasteiger partial charge in [-0.1, -0.05) is 12.2 Å². The van der Waals surface area contributed by atoms with Crippen molar-refractivity contribution in [3.8, 4) is 11.4 Å². The first-order chi connectivity index (χ1) is 10.7. The summed E-state index contributed by atoms with van der Waals surface area (Å²) in [7, 11) is 0. The number of aromatic nitrogens is 3. The number of hydrogen-bond donors (Lipinski definition) is 2. The molecule has 1 aliphatic carbocycles. The Labute approximate surface area is 127 Å². The second kappa shape index (κ2) is 6.51. The Hall–Kier alpha value is -2.50. The van der Waals surface area contributed by atoms with Gasteiger partial charge in [0.25, 0.3) is 0 Å². The molecular weight excluding hydrogens is 283 g/mol. The maximum absolute atomic E-state index is 12.9. The van der Waals surface area contributed by atoms with Crippen LogP contribution in [0.25, 0.3) is 11.4 Å². The third kappa shape index (κ3) is 3.58. The quantitative estimate of drug-likeness (QED) is 0.834. The number of allylic oxidation sites excluding steroid dienone is 2. The number of nitrogens with zero attached hydrogens (tertiary/aromatic N) is 2. The highest BCUT2D eigenvalue weighted by atomic mass is 19.1. The van der Waals surface area contributed by atoms with Crippen molar-refractivity contribution in [2.24, 2.45) is 5.92 Å². The summed E-state index contributed by atoms with van der Waals surface area (Å²) in [6, 6.07) is 5.96. The number of hydrogen-bond acceptors (Lipinski definition) is 3. The number of carbonyl (C=O) groups is 1. The number of benzene rings is 1. The van der Waals surface area contributed by atoms with Crippen LogP contribution in [0, 0.1) is 11.7 Å². The summed E-state index contributed by atoms with van der Waals surface area (Å²) < 4.78 is 12.9. The van der Waals surface area contributed by atoms with E-state index in [-0.39, 0.29) is 11.7 Å². The van der Waals surface area contributed by atoms with Crippen LogP contribution >= 0.6 is 0 Å². The Morgan fingerprint density at radius 3 is 2.91 bits per heavy atom. The van der Waals surface area contributed by atoms with Crippen LogP contribution in [0.5, 0.6) is 0 Å². The highest BCUT2D eigenvalue weighted by Gasteiger charge is 2.14. The van der Waals surface area contributed by atoms with E-state index in [4.69, 9.17) is 0 Å². The lowest BCUT2D eigenvalue weighted by molar-refractivity contribution is -0.121. The molecule has 22 heavy (non-hydrogen) atoms. The van der Waals surface area contributed by atoms with Gasteiger partial charge in [-0.25, -0.2) is 9.37 Å². The van der Waals surface area contributed by atoms with Crippen molar-refractivity contribution < 1.29 is 9.18 Å². The van der Waals surface area contributed by atoms with Crippen molar-refractivity contribution in [3.05, 3.63) is 48.1 Å². The Kier molecular flexibility index (Phi) is 4.27. The average molecular weight is 300 g/mol. The molecule has 2 aromatic rings. The predicted molar refractivity (Wildman–Crippen MR) is 80.1 cm³/mol. The molecule has 0 fully saturated rings. The second-order valence-electron chi connectivity index (χ2n) is 5.36. The fourth-order valence-corrected chi connectivity index (χ4v) is 2.46. The van der Waals surface area contributed by atoms with E-state index in [0.717, 1.165) is 18.4 Å². The number of nitrogens with one attached hydrogen (secondary N) is 2. The third-order valence-electron chi connectivity index (χ3n) is 3.65. The Morgan fingerprint density at radius 1 is 1.36 bits per heavy atom. The predicted octanol–water partition coefficient (Wildman–Crippen LogP) is 2.58. The highest BCUT2D eigenvalue weighted by molar-refractivity contribution is 5.76. The summed E-state index contributed by atoms with van der Waals surface area (Å²) in [4.78, 5) is 16.1. The molecule has 6 heteroatoms. The minimum Gasteiger partial charge on any atom is -0.349 e. The smallest absolute Gasteiger partial charge is 0.220 e. The molecule has 2 N–H and O–H groups in total. The zero-order valence-corrected chi connectivity index (χ0v) is 12.1. The van der Waals surface area contributed by atoms with E-state index in [2.05, 4.69) is 32.7 Å². The summed E-state index contributed by atoms with van der Waals surface area (Å²) >= 11 is 0. The van der Waals surface area contributed by atoms with Gasteiger partial charge in [0, 0.05) is 12.0 Å². The number of halogens is 1. The van der Waals surface area contributed by atoms with Gasteiger partial charge in [-0.3, -0.25) is 9.89 Å². The summed E-state index contributed by atoms with van der Waals surface area (Å²) in [5.41, 5.74) is 0.728. The molecule has 0 saturated heterocycles. The summed E-state index contributed by atoms with van der Waals surface area (Å²) in [5, 5.41) is 9.69. The first-order valence-electron chi connectivity index (χ1n) is 7.31. The molecule has 1 aromatic heterocycles.